The maximum absolute atomic E-state index is 12.6. The highest BCUT2D eigenvalue weighted by Crippen LogP contribution is 2.22. The Kier molecular flexibility index (Phi) is 3.65. The van der Waals surface area contributed by atoms with E-state index in [1.165, 1.54) is 11.3 Å². The Morgan fingerprint density at radius 2 is 2.00 bits per heavy atom. The van der Waals surface area contributed by atoms with Crippen molar-refractivity contribution in [2.75, 3.05) is 7.11 Å². The molecule has 0 aliphatic rings. The van der Waals surface area contributed by atoms with Crippen LogP contribution in [0.25, 0.3) is 10.2 Å². The average Bonchev–Trinajstić information content (AvgIpc) is 2.95. The Morgan fingerprint density at radius 1 is 1.29 bits per heavy atom. The molecule has 0 saturated carbocycles. The van der Waals surface area contributed by atoms with Gasteiger partial charge in [-0.1, -0.05) is 12.1 Å². The van der Waals surface area contributed by atoms with E-state index < -0.39 is 0 Å². The van der Waals surface area contributed by atoms with Crippen LogP contribution in [0.15, 0.2) is 40.5 Å². The lowest BCUT2D eigenvalue weighted by Gasteiger charge is -2.16. The number of aromatic nitrogens is 2. The Morgan fingerprint density at radius 3 is 2.67 bits per heavy atom. The third-order valence-electron chi connectivity index (χ3n) is 3.54. The van der Waals surface area contributed by atoms with Crippen LogP contribution in [0.5, 0.6) is 5.75 Å². The van der Waals surface area contributed by atoms with Crippen LogP contribution in [-0.4, -0.2) is 16.7 Å². The SMILES string of the molecule is COc1ccc(C(C)n2c(=S)[nH]c3sccc3c2=O)cc1. The molecule has 1 atom stereocenters. The number of benzene rings is 1. The van der Waals surface area contributed by atoms with Crippen molar-refractivity contribution < 1.29 is 4.74 Å². The number of ether oxygens (including phenoxy) is 1. The summed E-state index contributed by atoms with van der Waals surface area (Å²) in [6.07, 6.45) is 0. The molecule has 1 aromatic carbocycles. The van der Waals surface area contributed by atoms with Crippen LogP contribution in [0.3, 0.4) is 0 Å². The van der Waals surface area contributed by atoms with Gasteiger partial charge >= 0.3 is 0 Å². The van der Waals surface area contributed by atoms with Gasteiger partial charge in [0.25, 0.3) is 5.56 Å². The van der Waals surface area contributed by atoms with Gasteiger partial charge in [0.1, 0.15) is 10.6 Å². The maximum atomic E-state index is 12.6. The van der Waals surface area contributed by atoms with Gasteiger partial charge in [-0.2, -0.15) is 0 Å². The third-order valence-corrected chi connectivity index (χ3v) is 4.67. The normalized spacial score (nSPS) is 12.5. The number of thiophene rings is 1. The van der Waals surface area contributed by atoms with Crippen LogP contribution in [0, 0.1) is 4.77 Å². The molecule has 1 N–H and O–H groups in total. The first-order valence-corrected chi connectivity index (χ1v) is 7.76. The predicted molar refractivity (Wildman–Crippen MR) is 88.1 cm³/mol. The quantitative estimate of drug-likeness (QED) is 0.748. The van der Waals surface area contributed by atoms with E-state index in [1.807, 2.05) is 42.6 Å². The topological polar surface area (TPSA) is 47.0 Å². The molecule has 0 saturated heterocycles. The van der Waals surface area contributed by atoms with Crippen molar-refractivity contribution in [1.82, 2.24) is 9.55 Å². The average molecular weight is 318 g/mol. The zero-order valence-corrected chi connectivity index (χ0v) is 13.3. The standard InChI is InChI=1S/C15H14N2O2S2/c1-9(10-3-5-11(19-2)6-4-10)17-14(18)12-7-8-21-13(12)16-15(17)20/h3-9H,1-2H3,(H,16,20). The molecule has 6 heteroatoms. The minimum atomic E-state index is -0.142. The highest BCUT2D eigenvalue weighted by atomic mass is 32.1. The van der Waals surface area contributed by atoms with Crippen molar-refractivity contribution in [3.8, 4) is 5.75 Å². The molecule has 0 aliphatic carbocycles. The zero-order valence-electron chi connectivity index (χ0n) is 11.6. The Hall–Kier alpha value is -1.92. The van der Waals surface area contributed by atoms with Crippen LogP contribution in [0.4, 0.5) is 0 Å². The fraction of sp³-hybridized carbons (Fsp3) is 0.200. The van der Waals surface area contributed by atoms with Crippen molar-refractivity contribution in [2.45, 2.75) is 13.0 Å². The summed E-state index contributed by atoms with van der Waals surface area (Å²) in [7, 11) is 1.63. The number of hydrogen-bond donors (Lipinski definition) is 1. The molecule has 2 heterocycles. The lowest BCUT2D eigenvalue weighted by Crippen LogP contribution is -2.25. The van der Waals surface area contributed by atoms with E-state index in [1.54, 1.807) is 11.7 Å². The molecule has 108 valence electrons. The van der Waals surface area contributed by atoms with Crippen molar-refractivity contribution in [2.24, 2.45) is 0 Å². The van der Waals surface area contributed by atoms with Gasteiger partial charge in [-0.25, -0.2) is 0 Å². The van der Waals surface area contributed by atoms with E-state index in [4.69, 9.17) is 17.0 Å². The van der Waals surface area contributed by atoms with Gasteiger partial charge in [0, 0.05) is 0 Å². The lowest BCUT2D eigenvalue weighted by atomic mass is 10.1. The minimum absolute atomic E-state index is 0.0571. The molecule has 0 spiro atoms. The number of hydrogen-bond acceptors (Lipinski definition) is 4. The van der Waals surface area contributed by atoms with E-state index in [-0.39, 0.29) is 11.6 Å². The molecule has 1 unspecified atom stereocenters. The van der Waals surface area contributed by atoms with Crippen molar-refractivity contribution in [1.29, 1.82) is 0 Å². The zero-order chi connectivity index (χ0) is 15.0. The van der Waals surface area contributed by atoms with E-state index >= 15 is 0 Å². The summed E-state index contributed by atoms with van der Waals surface area (Å²) in [5.74, 6) is 0.789. The second kappa shape index (κ2) is 5.46. The van der Waals surface area contributed by atoms with Crippen LogP contribution in [0.1, 0.15) is 18.5 Å². The molecule has 4 nitrogen and oxygen atoms in total. The second-order valence-electron chi connectivity index (χ2n) is 4.72. The Bertz CT molecular complexity index is 890. The molecule has 0 radical (unpaired) electrons. The van der Waals surface area contributed by atoms with Gasteiger partial charge in [-0.15, -0.1) is 11.3 Å². The highest BCUT2D eigenvalue weighted by molar-refractivity contribution is 7.71. The number of nitrogens with zero attached hydrogens (tertiary/aromatic N) is 1. The molecule has 3 rings (SSSR count). The van der Waals surface area contributed by atoms with Gasteiger partial charge < -0.3 is 9.72 Å². The van der Waals surface area contributed by atoms with Crippen LogP contribution in [-0.2, 0) is 0 Å². The van der Waals surface area contributed by atoms with Crippen molar-refractivity contribution >= 4 is 33.8 Å². The summed E-state index contributed by atoms with van der Waals surface area (Å²) in [5, 5.41) is 2.56. The summed E-state index contributed by atoms with van der Waals surface area (Å²) in [4.78, 5) is 16.6. The minimum Gasteiger partial charge on any atom is -0.497 e. The molecule has 21 heavy (non-hydrogen) atoms. The van der Waals surface area contributed by atoms with Gasteiger partial charge in [0.15, 0.2) is 4.77 Å². The van der Waals surface area contributed by atoms with Gasteiger partial charge in [0.05, 0.1) is 18.5 Å². The van der Waals surface area contributed by atoms with Crippen molar-refractivity contribution in [3.05, 3.63) is 56.4 Å². The Balaban J connectivity index is 2.14. The largest absolute Gasteiger partial charge is 0.497 e. The first kappa shape index (κ1) is 14.0. The number of H-pyrrole nitrogens is 1. The highest BCUT2D eigenvalue weighted by Gasteiger charge is 2.14. The molecular weight excluding hydrogens is 304 g/mol. The van der Waals surface area contributed by atoms with Gasteiger partial charge in [0.2, 0.25) is 0 Å². The van der Waals surface area contributed by atoms with E-state index in [0.717, 1.165) is 16.1 Å². The second-order valence-corrected chi connectivity index (χ2v) is 6.02. The third kappa shape index (κ3) is 2.41. The number of rotatable bonds is 3. The van der Waals surface area contributed by atoms with E-state index in [9.17, 15) is 4.79 Å². The summed E-state index contributed by atoms with van der Waals surface area (Å²) in [5.41, 5.74) is 0.949. The molecule has 0 fully saturated rings. The maximum Gasteiger partial charge on any atom is 0.263 e. The first-order valence-electron chi connectivity index (χ1n) is 6.48. The lowest BCUT2D eigenvalue weighted by molar-refractivity contribution is 0.414. The van der Waals surface area contributed by atoms with Crippen LogP contribution >= 0.6 is 23.6 Å². The van der Waals surface area contributed by atoms with Crippen LogP contribution < -0.4 is 10.3 Å². The van der Waals surface area contributed by atoms with Gasteiger partial charge in [-0.3, -0.25) is 9.36 Å². The van der Waals surface area contributed by atoms with E-state index in [2.05, 4.69) is 4.98 Å². The van der Waals surface area contributed by atoms with E-state index in [0.29, 0.717) is 10.2 Å². The number of fused-ring (bicyclic) bond motifs is 1. The molecule has 0 aliphatic heterocycles. The number of aromatic amines is 1. The number of nitrogens with one attached hydrogen (secondary N) is 1. The predicted octanol–water partition coefficient (Wildman–Crippen LogP) is 3.74. The monoisotopic (exact) mass is 318 g/mol. The Labute approximate surface area is 130 Å². The smallest absolute Gasteiger partial charge is 0.263 e. The van der Waals surface area contributed by atoms with Gasteiger partial charge in [-0.05, 0) is 48.3 Å². The van der Waals surface area contributed by atoms with Crippen LogP contribution in [0.2, 0.25) is 0 Å². The molecule has 3 aromatic rings. The first-order chi connectivity index (χ1) is 10.1. The summed E-state index contributed by atoms with van der Waals surface area (Å²) >= 11 is 6.83. The molecular formula is C15H14N2O2S2. The fourth-order valence-electron chi connectivity index (χ4n) is 2.34. The molecule has 0 amide bonds. The van der Waals surface area contributed by atoms with Crippen molar-refractivity contribution in [3.63, 3.8) is 0 Å². The molecule has 2 aromatic heterocycles. The summed E-state index contributed by atoms with van der Waals surface area (Å²) in [6.45, 7) is 1.96. The molecule has 0 bridgehead atoms. The summed E-state index contributed by atoms with van der Waals surface area (Å²) < 4.78 is 7.22. The fourth-order valence-corrected chi connectivity index (χ4v) is 3.52. The summed E-state index contributed by atoms with van der Waals surface area (Å²) in [6, 6.07) is 9.34. The number of methoxy groups -OCH3 is 1.